The summed E-state index contributed by atoms with van der Waals surface area (Å²) in [5, 5.41) is 7.10. The second kappa shape index (κ2) is 10.1. The fraction of sp³-hybridized carbons (Fsp3) is 0.227. The van der Waals surface area contributed by atoms with Gasteiger partial charge in [0.2, 0.25) is 5.91 Å². The Morgan fingerprint density at radius 2 is 1.76 bits per heavy atom. The first-order chi connectivity index (χ1) is 15.6. The van der Waals surface area contributed by atoms with E-state index in [-0.39, 0.29) is 40.3 Å². The summed E-state index contributed by atoms with van der Waals surface area (Å²) in [5.41, 5.74) is 17.5. The Morgan fingerprint density at radius 1 is 1.06 bits per heavy atom. The number of nitrogen functional groups attached to an aromatic ring is 2. The molecule has 0 saturated carbocycles. The second-order valence-electron chi connectivity index (χ2n) is 7.80. The summed E-state index contributed by atoms with van der Waals surface area (Å²) >= 11 is 5.81. The maximum Gasteiger partial charge on any atom is 0.280 e. The standard InChI is InChI=1S/C22H25ClN8O2/c1-11(2)9-15(20(32)27-14-8-7-12-5-3-4-6-13(12)10-14)28-22(26)31-21(33)16-18(24)30-19(25)17(23)29-16/h3-8,10-11,15H,9H2,1-2H3,(H,27,32)(H4,24,25,30)(H3,26,28,31,33)/t15-/m0/s1. The normalized spacial score (nSPS) is 12.5. The molecule has 0 radical (unpaired) electrons. The molecular formula is C22H25ClN8O2. The van der Waals surface area contributed by atoms with Gasteiger partial charge in [-0.15, -0.1) is 0 Å². The zero-order valence-electron chi connectivity index (χ0n) is 18.2. The molecule has 8 N–H and O–H groups in total. The number of benzene rings is 2. The molecular weight excluding hydrogens is 444 g/mol. The number of anilines is 3. The van der Waals surface area contributed by atoms with Crippen LogP contribution in [0.3, 0.4) is 0 Å². The largest absolute Gasteiger partial charge is 0.382 e. The number of hydrogen-bond acceptors (Lipinski definition) is 7. The van der Waals surface area contributed by atoms with E-state index in [2.05, 4.69) is 25.6 Å². The van der Waals surface area contributed by atoms with Gasteiger partial charge in [0.05, 0.1) is 0 Å². The van der Waals surface area contributed by atoms with E-state index in [4.69, 9.17) is 28.8 Å². The first-order valence-corrected chi connectivity index (χ1v) is 10.5. The number of fused-ring (bicyclic) bond motifs is 1. The molecule has 0 aliphatic rings. The van der Waals surface area contributed by atoms with Crippen molar-refractivity contribution in [3.05, 3.63) is 53.3 Å². The Balaban J connectivity index is 1.77. The van der Waals surface area contributed by atoms with Crippen LogP contribution >= 0.6 is 11.6 Å². The lowest BCUT2D eigenvalue weighted by Crippen LogP contribution is -2.40. The Hall–Kier alpha value is -3.92. The van der Waals surface area contributed by atoms with Crippen LogP contribution in [0.4, 0.5) is 17.3 Å². The van der Waals surface area contributed by atoms with E-state index in [1.165, 1.54) is 0 Å². The molecule has 1 atom stereocenters. The predicted molar refractivity (Wildman–Crippen MR) is 131 cm³/mol. The highest BCUT2D eigenvalue weighted by atomic mass is 35.5. The van der Waals surface area contributed by atoms with Crippen LogP contribution in [0, 0.1) is 5.92 Å². The average Bonchev–Trinajstić information content (AvgIpc) is 2.75. The van der Waals surface area contributed by atoms with Crippen LogP contribution in [0.25, 0.3) is 10.8 Å². The third-order valence-electron chi connectivity index (χ3n) is 4.67. The Bertz CT molecular complexity index is 1230. The van der Waals surface area contributed by atoms with Crippen LogP contribution in [0.2, 0.25) is 5.15 Å². The zero-order valence-corrected chi connectivity index (χ0v) is 18.9. The van der Waals surface area contributed by atoms with Crippen molar-refractivity contribution in [1.29, 1.82) is 0 Å². The molecule has 10 nitrogen and oxygen atoms in total. The van der Waals surface area contributed by atoms with E-state index < -0.39 is 11.9 Å². The Morgan fingerprint density at radius 3 is 2.45 bits per heavy atom. The fourth-order valence-electron chi connectivity index (χ4n) is 3.14. The molecule has 2 aromatic carbocycles. The van der Waals surface area contributed by atoms with Gasteiger partial charge in [-0.05, 0) is 35.2 Å². The molecule has 0 spiro atoms. The number of amides is 2. The Labute approximate surface area is 195 Å². The first kappa shape index (κ1) is 23.7. The molecule has 1 aromatic heterocycles. The van der Waals surface area contributed by atoms with E-state index in [0.29, 0.717) is 12.1 Å². The van der Waals surface area contributed by atoms with Gasteiger partial charge in [-0.25, -0.2) is 15.0 Å². The minimum atomic E-state index is -0.838. The number of aromatic nitrogens is 2. The highest BCUT2D eigenvalue weighted by molar-refractivity contribution is 6.31. The SMILES string of the molecule is CC(C)C[C@H](N=C(N)NC(=O)c1nc(Cl)c(N)nc1N)C(=O)Nc1ccc2ccccc2c1. The van der Waals surface area contributed by atoms with Gasteiger partial charge in [-0.1, -0.05) is 55.8 Å². The van der Waals surface area contributed by atoms with Gasteiger partial charge in [-0.2, -0.15) is 0 Å². The summed E-state index contributed by atoms with van der Waals surface area (Å²) in [6, 6.07) is 12.6. The number of carbonyl (C=O) groups is 2. The molecule has 0 fully saturated rings. The summed E-state index contributed by atoms with van der Waals surface area (Å²) < 4.78 is 0. The number of carbonyl (C=O) groups excluding carboxylic acids is 2. The second-order valence-corrected chi connectivity index (χ2v) is 8.16. The zero-order chi connectivity index (χ0) is 24.1. The summed E-state index contributed by atoms with van der Waals surface area (Å²) in [6.45, 7) is 3.90. The van der Waals surface area contributed by atoms with E-state index in [0.717, 1.165) is 10.8 Å². The van der Waals surface area contributed by atoms with Crippen LogP contribution in [-0.4, -0.2) is 33.8 Å². The smallest absolute Gasteiger partial charge is 0.280 e. The van der Waals surface area contributed by atoms with E-state index in [1.807, 2.05) is 56.3 Å². The summed E-state index contributed by atoms with van der Waals surface area (Å²) in [5.74, 6) is -1.58. The number of nitrogens with two attached hydrogens (primary N) is 3. The molecule has 3 rings (SSSR count). The quantitative estimate of drug-likeness (QED) is 0.272. The van der Waals surface area contributed by atoms with Crippen molar-refractivity contribution in [2.45, 2.75) is 26.3 Å². The maximum absolute atomic E-state index is 13.0. The molecule has 11 heteroatoms. The minimum Gasteiger partial charge on any atom is -0.382 e. The van der Waals surface area contributed by atoms with Crippen molar-refractivity contribution in [2.24, 2.45) is 16.6 Å². The van der Waals surface area contributed by atoms with Gasteiger partial charge in [0.1, 0.15) is 6.04 Å². The number of guanidine groups is 1. The molecule has 33 heavy (non-hydrogen) atoms. The monoisotopic (exact) mass is 468 g/mol. The highest BCUT2D eigenvalue weighted by Crippen LogP contribution is 2.20. The molecule has 0 bridgehead atoms. The number of aliphatic imine (C=N–C) groups is 1. The number of nitrogens with one attached hydrogen (secondary N) is 2. The van der Waals surface area contributed by atoms with Crippen LogP contribution in [0.15, 0.2) is 47.5 Å². The van der Waals surface area contributed by atoms with Crippen LogP contribution in [-0.2, 0) is 4.79 Å². The van der Waals surface area contributed by atoms with Gasteiger partial charge in [0.25, 0.3) is 5.91 Å². The van der Waals surface area contributed by atoms with Gasteiger partial charge < -0.3 is 22.5 Å². The van der Waals surface area contributed by atoms with Crippen LogP contribution < -0.4 is 27.8 Å². The molecule has 172 valence electrons. The Kier molecular flexibility index (Phi) is 7.29. The van der Waals surface area contributed by atoms with Crippen LogP contribution in [0.5, 0.6) is 0 Å². The van der Waals surface area contributed by atoms with Gasteiger partial charge in [0.15, 0.2) is 28.4 Å². The number of hydrogen-bond donors (Lipinski definition) is 5. The molecule has 0 aliphatic carbocycles. The molecule has 1 heterocycles. The van der Waals surface area contributed by atoms with Gasteiger partial charge in [0, 0.05) is 5.69 Å². The molecule has 0 aliphatic heterocycles. The fourth-order valence-corrected chi connectivity index (χ4v) is 3.27. The van der Waals surface area contributed by atoms with Gasteiger partial charge >= 0.3 is 0 Å². The number of rotatable bonds is 6. The molecule has 0 unspecified atom stereocenters. The van der Waals surface area contributed by atoms with E-state index >= 15 is 0 Å². The van der Waals surface area contributed by atoms with Crippen molar-refractivity contribution in [3.63, 3.8) is 0 Å². The van der Waals surface area contributed by atoms with E-state index in [9.17, 15) is 9.59 Å². The topological polar surface area (TPSA) is 174 Å². The summed E-state index contributed by atoms with van der Waals surface area (Å²) in [4.78, 5) is 37.2. The third kappa shape index (κ3) is 6.07. The summed E-state index contributed by atoms with van der Waals surface area (Å²) in [6.07, 6.45) is 0.408. The number of halogens is 1. The average molecular weight is 469 g/mol. The molecule has 2 amide bonds. The lowest BCUT2D eigenvalue weighted by atomic mass is 10.0. The summed E-state index contributed by atoms with van der Waals surface area (Å²) in [7, 11) is 0. The predicted octanol–water partition coefficient (Wildman–Crippen LogP) is 2.55. The van der Waals surface area contributed by atoms with Gasteiger partial charge in [-0.3, -0.25) is 14.9 Å². The lowest BCUT2D eigenvalue weighted by Gasteiger charge is -2.16. The highest BCUT2D eigenvalue weighted by Gasteiger charge is 2.22. The maximum atomic E-state index is 13.0. The van der Waals surface area contributed by atoms with Crippen molar-refractivity contribution >= 4 is 57.5 Å². The molecule has 0 saturated heterocycles. The minimum absolute atomic E-state index is 0.102. The van der Waals surface area contributed by atoms with Crippen LogP contribution in [0.1, 0.15) is 30.8 Å². The van der Waals surface area contributed by atoms with Crippen molar-refractivity contribution in [1.82, 2.24) is 15.3 Å². The van der Waals surface area contributed by atoms with Crippen molar-refractivity contribution in [3.8, 4) is 0 Å². The first-order valence-electron chi connectivity index (χ1n) is 10.2. The molecule has 3 aromatic rings. The van der Waals surface area contributed by atoms with E-state index in [1.54, 1.807) is 0 Å². The lowest BCUT2D eigenvalue weighted by molar-refractivity contribution is -0.117. The number of nitrogens with zero attached hydrogens (tertiary/aromatic N) is 3. The van der Waals surface area contributed by atoms with Crippen molar-refractivity contribution in [2.75, 3.05) is 16.8 Å². The third-order valence-corrected chi connectivity index (χ3v) is 4.95. The van der Waals surface area contributed by atoms with Crippen molar-refractivity contribution < 1.29 is 9.59 Å².